The molecule has 1 N–H and O–H groups in total. The van der Waals surface area contributed by atoms with Gasteiger partial charge in [0.15, 0.2) is 11.6 Å². The van der Waals surface area contributed by atoms with Gasteiger partial charge in [-0.2, -0.15) is 0 Å². The molecule has 2 rings (SSSR count). The van der Waals surface area contributed by atoms with Crippen LogP contribution in [0.25, 0.3) is 0 Å². The van der Waals surface area contributed by atoms with E-state index in [9.17, 15) is 18.4 Å². The van der Waals surface area contributed by atoms with E-state index in [4.69, 9.17) is 5.11 Å². The number of carboxylic acids is 1. The molecule has 0 saturated carbocycles. The fraction of sp³-hybridized carbons (Fsp3) is 0.429. The number of carbonyl (C=O) groups excluding carboxylic acids is 1. The standard InChI is InChI=1S/C14H15F2NO3S/c1-8-5-17(6-10(8)14(19)20)13(18)7-21-9-2-3-11(15)12(16)4-9/h2-4,8,10H,5-7H2,1H3,(H,19,20). The van der Waals surface area contributed by atoms with Crippen LogP contribution in [0.2, 0.25) is 0 Å². The Morgan fingerprint density at radius 1 is 1.33 bits per heavy atom. The van der Waals surface area contributed by atoms with E-state index in [1.807, 2.05) is 0 Å². The number of carboxylic acid groups (broad SMARTS) is 1. The summed E-state index contributed by atoms with van der Waals surface area (Å²) >= 11 is 1.10. The summed E-state index contributed by atoms with van der Waals surface area (Å²) < 4.78 is 25.8. The Kier molecular flexibility index (Phi) is 4.82. The number of thioether (sulfide) groups is 1. The van der Waals surface area contributed by atoms with Crippen LogP contribution in [-0.2, 0) is 9.59 Å². The number of hydrogen-bond acceptors (Lipinski definition) is 3. The van der Waals surface area contributed by atoms with Gasteiger partial charge in [-0.05, 0) is 24.1 Å². The first kappa shape index (κ1) is 15.8. The van der Waals surface area contributed by atoms with E-state index in [-0.39, 0.29) is 24.1 Å². The molecule has 0 radical (unpaired) electrons. The Labute approximate surface area is 125 Å². The highest BCUT2D eigenvalue weighted by atomic mass is 32.2. The molecule has 1 heterocycles. The molecule has 114 valence electrons. The molecule has 0 spiro atoms. The Bertz CT molecular complexity index is 567. The van der Waals surface area contributed by atoms with E-state index < -0.39 is 23.5 Å². The first-order valence-corrected chi connectivity index (χ1v) is 7.45. The highest BCUT2D eigenvalue weighted by molar-refractivity contribution is 8.00. The van der Waals surface area contributed by atoms with Crippen molar-refractivity contribution in [3.05, 3.63) is 29.8 Å². The van der Waals surface area contributed by atoms with Crippen molar-refractivity contribution in [3.8, 4) is 0 Å². The highest BCUT2D eigenvalue weighted by Crippen LogP contribution is 2.25. The summed E-state index contributed by atoms with van der Waals surface area (Å²) in [6.07, 6.45) is 0. The van der Waals surface area contributed by atoms with Crippen LogP contribution in [-0.4, -0.2) is 40.7 Å². The zero-order valence-corrected chi connectivity index (χ0v) is 12.2. The van der Waals surface area contributed by atoms with Crippen molar-refractivity contribution >= 4 is 23.6 Å². The van der Waals surface area contributed by atoms with Crippen LogP contribution in [0.3, 0.4) is 0 Å². The molecule has 7 heteroatoms. The van der Waals surface area contributed by atoms with Gasteiger partial charge >= 0.3 is 5.97 Å². The first-order chi connectivity index (χ1) is 9.88. The van der Waals surface area contributed by atoms with Crippen LogP contribution in [0.5, 0.6) is 0 Å². The van der Waals surface area contributed by atoms with Crippen LogP contribution in [0.15, 0.2) is 23.1 Å². The third kappa shape index (κ3) is 3.72. The number of rotatable bonds is 4. The van der Waals surface area contributed by atoms with Gasteiger partial charge in [0.25, 0.3) is 0 Å². The maximum absolute atomic E-state index is 13.0. The van der Waals surface area contributed by atoms with Gasteiger partial charge in [-0.25, -0.2) is 8.78 Å². The lowest BCUT2D eigenvalue weighted by atomic mass is 9.99. The monoisotopic (exact) mass is 315 g/mol. The molecule has 0 aliphatic carbocycles. The van der Waals surface area contributed by atoms with Crippen LogP contribution in [0.4, 0.5) is 8.78 Å². The molecule has 1 aliphatic heterocycles. The summed E-state index contributed by atoms with van der Waals surface area (Å²) in [7, 11) is 0. The van der Waals surface area contributed by atoms with Gasteiger partial charge in [-0.3, -0.25) is 9.59 Å². The highest BCUT2D eigenvalue weighted by Gasteiger charge is 2.36. The molecular weight excluding hydrogens is 300 g/mol. The summed E-state index contributed by atoms with van der Waals surface area (Å²) in [5, 5.41) is 9.03. The number of amides is 1. The van der Waals surface area contributed by atoms with Gasteiger partial charge in [0.1, 0.15) is 0 Å². The number of likely N-dealkylation sites (tertiary alicyclic amines) is 1. The number of carbonyl (C=O) groups is 2. The number of hydrogen-bond donors (Lipinski definition) is 1. The van der Waals surface area contributed by atoms with Crippen LogP contribution in [0.1, 0.15) is 6.92 Å². The predicted octanol–water partition coefficient (Wildman–Crippen LogP) is 2.24. The molecule has 2 unspecified atom stereocenters. The first-order valence-electron chi connectivity index (χ1n) is 6.47. The average molecular weight is 315 g/mol. The molecule has 4 nitrogen and oxygen atoms in total. The molecule has 0 bridgehead atoms. The smallest absolute Gasteiger partial charge is 0.308 e. The van der Waals surface area contributed by atoms with Crippen molar-refractivity contribution in [2.24, 2.45) is 11.8 Å². The lowest BCUT2D eigenvalue weighted by molar-refractivity contribution is -0.142. The van der Waals surface area contributed by atoms with Crippen molar-refractivity contribution in [1.82, 2.24) is 4.90 Å². The third-order valence-corrected chi connectivity index (χ3v) is 4.51. The average Bonchev–Trinajstić information content (AvgIpc) is 2.82. The second-order valence-electron chi connectivity index (χ2n) is 5.09. The van der Waals surface area contributed by atoms with Gasteiger partial charge < -0.3 is 10.0 Å². The van der Waals surface area contributed by atoms with Crippen LogP contribution >= 0.6 is 11.8 Å². The molecule has 1 aliphatic rings. The topological polar surface area (TPSA) is 57.6 Å². The summed E-state index contributed by atoms with van der Waals surface area (Å²) in [6.45, 7) is 2.41. The molecule has 0 aromatic heterocycles. The predicted molar refractivity (Wildman–Crippen MR) is 74.0 cm³/mol. The second kappa shape index (κ2) is 6.43. The number of halogens is 2. The minimum atomic E-state index is -0.951. The largest absolute Gasteiger partial charge is 0.481 e. The Balaban J connectivity index is 1.90. The number of benzene rings is 1. The third-order valence-electron chi connectivity index (χ3n) is 3.54. The van der Waals surface area contributed by atoms with E-state index in [1.54, 1.807) is 6.92 Å². The number of aliphatic carboxylic acids is 1. The summed E-state index contributed by atoms with van der Waals surface area (Å²) in [5.41, 5.74) is 0. The van der Waals surface area contributed by atoms with Crippen molar-refractivity contribution < 1.29 is 23.5 Å². The molecule has 1 amide bonds. The summed E-state index contributed by atoms with van der Waals surface area (Å²) in [6, 6.07) is 3.46. The van der Waals surface area contributed by atoms with Gasteiger partial charge in [0, 0.05) is 18.0 Å². The maximum Gasteiger partial charge on any atom is 0.308 e. The van der Waals surface area contributed by atoms with Gasteiger partial charge in [0.2, 0.25) is 5.91 Å². The van der Waals surface area contributed by atoms with Crippen molar-refractivity contribution in [1.29, 1.82) is 0 Å². The fourth-order valence-corrected chi connectivity index (χ4v) is 3.12. The minimum absolute atomic E-state index is 0.0735. The molecule has 1 aromatic rings. The Morgan fingerprint density at radius 2 is 2.05 bits per heavy atom. The van der Waals surface area contributed by atoms with E-state index in [2.05, 4.69) is 0 Å². The Morgan fingerprint density at radius 3 is 2.62 bits per heavy atom. The molecule has 2 atom stereocenters. The fourth-order valence-electron chi connectivity index (χ4n) is 2.29. The van der Waals surface area contributed by atoms with E-state index >= 15 is 0 Å². The summed E-state index contributed by atoms with van der Waals surface area (Å²) in [4.78, 5) is 25.0. The SMILES string of the molecule is CC1CN(C(=O)CSc2ccc(F)c(F)c2)CC1C(=O)O. The van der Waals surface area contributed by atoms with Gasteiger partial charge in [-0.15, -0.1) is 11.8 Å². The van der Waals surface area contributed by atoms with E-state index in [0.29, 0.717) is 11.4 Å². The van der Waals surface area contributed by atoms with Crippen molar-refractivity contribution in [2.75, 3.05) is 18.8 Å². The zero-order chi connectivity index (χ0) is 15.6. The summed E-state index contributed by atoms with van der Waals surface area (Å²) in [5.74, 6) is -3.52. The number of nitrogens with zero attached hydrogens (tertiary/aromatic N) is 1. The quantitative estimate of drug-likeness (QED) is 0.866. The zero-order valence-electron chi connectivity index (χ0n) is 11.4. The maximum atomic E-state index is 13.0. The van der Waals surface area contributed by atoms with Crippen LogP contribution < -0.4 is 0 Å². The van der Waals surface area contributed by atoms with Gasteiger partial charge in [-0.1, -0.05) is 6.92 Å². The minimum Gasteiger partial charge on any atom is -0.481 e. The molecule has 1 fully saturated rings. The van der Waals surface area contributed by atoms with E-state index in [1.165, 1.54) is 11.0 Å². The molecular formula is C14H15F2NO3S. The second-order valence-corrected chi connectivity index (χ2v) is 6.13. The lowest BCUT2D eigenvalue weighted by Crippen LogP contribution is -2.31. The molecule has 21 heavy (non-hydrogen) atoms. The normalized spacial score (nSPS) is 21.6. The van der Waals surface area contributed by atoms with E-state index in [0.717, 1.165) is 23.9 Å². The van der Waals surface area contributed by atoms with Crippen molar-refractivity contribution in [3.63, 3.8) is 0 Å². The van der Waals surface area contributed by atoms with Crippen molar-refractivity contribution in [2.45, 2.75) is 11.8 Å². The Hall–Kier alpha value is -1.63. The van der Waals surface area contributed by atoms with Gasteiger partial charge in [0.05, 0.1) is 11.7 Å². The van der Waals surface area contributed by atoms with Crippen LogP contribution in [0, 0.1) is 23.5 Å². The molecule has 1 aromatic carbocycles. The lowest BCUT2D eigenvalue weighted by Gasteiger charge is -2.15. The molecule has 1 saturated heterocycles.